The number of rotatable bonds is 4. The molecule has 0 bridgehead atoms. The van der Waals surface area contributed by atoms with E-state index in [1.165, 1.54) is 6.07 Å². The summed E-state index contributed by atoms with van der Waals surface area (Å²) in [6.45, 7) is 3.84. The maximum atomic E-state index is 14.8. The molecular weight excluding hydrogens is 415 g/mol. The first kappa shape index (κ1) is 19.0. The molecular formula is C20H20BrFN2OS. The van der Waals surface area contributed by atoms with E-state index in [9.17, 15) is 9.18 Å². The summed E-state index contributed by atoms with van der Waals surface area (Å²) in [5.41, 5.74) is 4.26. The van der Waals surface area contributed by atoms with Gasteiger partial charge in [0.15, 0.2) is 5.78 Å². The van der Waals surface area contributed by atoms with Crippen LogP contribution in [-0.2, 0) is 11.2 Å². The molecule has 3 nitrogen and oxygen atoms in total. The van der Waals surface area contributed by atoms with Gasteiger partial charge >= 0.3 is 0 Å². The Balaban J connectivity index is 2.26. The molecule has 0 saturated heterocycles. The summed E-state index contributed by atoms with van der Waals surface area (Å²) in [5, 5.41) is 1.72. The van der Waals surface area contributed by atoms with E-state index in [-0.39, 0.29) is 28.5 Å². The summed E-state index contributed by atoms with van der Waals surface area (Å²) in [7, 11) is -0.0920. The van der Waals surface area contributed by atoms with Crippen LogP contribution in [0.4, 0.5) is 4.39 Å². The molecule has 0 atom stereocenters. The number of aryl methyl sites for hydroxylation is 2. The molecule has 0 N–H and O–H groups in total. The van der Waals surface area contributed by atoms with E-state index in [1.54, 1.807) is 5.37 Å². The molecule has 136 valence electrons. The molecule has 0 spiro atoms. The van der Waals surface area contributed by atoms with Gasteiger partial charge in [-0.1, -0.05) is 15.9 Å². The van der Waals surface area contributed by atoms with E-state index in [4.69, 9.17) is 0 Å². The molecule has 6 heteroatoms. The molecule has 3 rings (SSSR count). The summed E-state index contributed by atoms with van der Waals surface area (Å²) in [6, 6.07) is 7.20. The van der Waals surface area contributed by atoms with E-state index in [2.05, 4.69) is 20.9 Å². The molecule has 0 aliphatic rings. The Morgan fingerprint density at radius 1 is 1.31 bits per heavy atom. The first-order chi connectivity index (χ1) is 12.3. The van der Waals surface area contributed by atoms with Gasteiger partial charge in [0, 0.05) is 21.6 Å². The largest absolute Gasteiger partial charge is 0.303 e. The lowest BCUT2D eigenvalue weighted by atomic mass is 10.0. The number of Topliss-reactive ketones (excluding diaryl/α,β-unsaturated/α-hetero) is 1. The minimum atomic E-state index is -0.347. The van der Waals surface area contributed by atoms with Crippen LogP contribution in [0.2, 0.25) is 0 Å². The van der Waals surface area contributed by atoms with Gasteiger partial charge in [-0.05, 0) is 61.8 Å². The fraction of sp³-hybridized carbons (Fsp3) is 0.250. The van der Waals surface area contributed by atoms with Crippen molar-refractivity contribution < 1.29 is 9.18 Å². The number of nitrogens with zero attached hydrogens (tertiary/aromatic N) is 2. The van der Waals surface area contributed by atoms with Gasteiger partial charge < -0.3 is 4.40 Å². The van der Waals surface area contributed by atoms with Crippen LogP contribution in [-0.4, -0.2) is 33.0 Å². The number of carbonyl (C=O) groups is 1. The average Bonchev–Trinajstić information content (AvgIpc) is 2.82. The zero-order chi connectivity index (χ0) is 19.0. The van der Waals surface area contributed by atoms with Crippen LogP contribution in [0.15, 0.2) is 34.9 Å². The summed E-state index contributed by atoms with van der Waals surface area (Å²) >= 11 is 3.33. The minimum Gasteiger partial charge on any atom is -0.303 e. The normalized spacial score (nSPS) is 11.3. The van der Waals surface area contributed by atoms with Crippen LogP contribution in [0.3, 0.4) is 0 Å². The molecule has 0 unspecified atom stereocenters. The van der Waals surface area contributed by atoms with Crippen LogP contribution in [0.25, 0.3) is 16.9 Å². The zero-order valence-electron chi connectivity index (χ0n) is 15.1. The molecule has 0 fully saturated rings. The van der Waals surface area contributed by atoms with Gasteiger partial charge in [-0.2, -0.15) is 10.5 Å². The fourth-order valence-corrected chi connectivity index (χ4v) is 4.19. The lowest BCUT2D eigenvalue weighted by Gasteiger charge is -2.09. The number of aromatic nitrogens is 2. The van der Waals surface area contributed by atoms with Crippen LogP contribution >= 0.6 is 26.4 Å². The number of pyridine rings is 1. The highest BCUT2D eigenvalue weighted by Gasteiger charge is 2.21. The van der Waals surface area contributed by atoms with Crippen molar-refractivity contribution in [3.63, 3.8) is 0 Å². The maximum Gasteiger partial charge on any atom is 0.167 e. The SMILES string of the molecule is Cc1ccn2c(CC(=O)C=S(C)C)c(-c3c(C)cc(Br)cc3F)nc2c1. The maximum absolute atomic E-state index is 14.8. The van der Waals surface area contributed by atoms with Crippen molar-refractivity contribution in [3.8, 4) is 11.3 Å². The van der Waals surface area contributed by atoms with Gasteiger partial charge in [0.25, 0.3) is 0 Å². The molecule has 1 aromatic carbocycles. The molecule has 3 aromatic rings. The van der Waals surface area contributed by atoms with E-state index in [0.717, 1.165) is 22.5 Å². The number of imidazole rings is 1. The fourth-order valence-electron chi connectivity index (χ4n) is 3.04. The van der Waals surface area contributed by atoms with Crippen LogP contribution in [0.5, 0.6) is 0 Å². The molecule has 0 amide bonds. The molecule has 0 aliphatic carbocycles. The smallest absolute Gasteiger partial charge is 0.167 e. The standard InChI is InChI=1S/C20H20BrFN2OS/c1-12-5-6-24-17(10-15(25)11-26(3)4)20(23-18(24)7-12)19-13(2)8-14(21)9-16(19)22/h5-9,11H,10H2,1-4H3. The second kappa shape index (κ2) is 7.45. The Labute approximate surface area is 163 Å². The first-order valence-corrected chi connectivity index (χ1v) is 11.0. The van der Waals surface area contributed by atoms with Gasteiger partial charge in [0.2, 0.25) is 0 Å². The summed E-state index contributed by atoms with van der Waals surface area (Å²) in [6.07, 6.45) is 6.08. The Morgan fingerprint density at radius 2 is 2.04 bits per heavy atom. The van der Waals surface area contributed by atoms with Crippen molar-refractivity contribution in [3.05, 3.63) is 57.6 Å². The summed E-state index contributed by atoms with van der Waals surface area (Å²) < 4.78 is 17.3. The molecule has 2 heterocycles. The van der Waals surface area contributed by atoms with Gasteiger partial charge in [-0.3, -0.25) is 4.79 Å². The van der Waals surface area contributed by atoms with Crippen LogP contribution in [0.1, 0.15) is 16.8 Å². The van der Waals surface area contributed by atoms with Crippen molar-refractivity contribution in [1.29, 1.82) is 0 Å². The molecule has 2 aromatic heterocycles. The van der Waals surface area contributed by atoms with Crippen molar-refractivity contribution >= 4 is 43.2 Å². The van der Waals surface area contributed by atoms with Crippen molar-refractivity contribution in [2.75, 3.05) is 12.5 Å². The lowest BCUT2D eigenvalue weighted by molar-refractivity contribution is -0.111. The first-order valence-electron chi connectivity index (χ1n) is 8.14. The zero-order valence-corrected chi connectivity index (χ0v) is 17.5. The Bertz CT molecular complexity index is 1030. The number of benzene rings is 1. The van der Waals surface area contributed by atoms with E-state index in [1.807, 2.05) is 55.2 Å². The highest BCUT2D eigenvalue weighted by molar-refractivity contribution is 9.10. The number of ketones is 1. The summed E-state index contributed by atoms with van der Waals surface area (Å²) in [4.78, 5) is 17.1. The monoisotopic (exact) mass is 434 g/mol. The third-order valence-corrected chi connectivity index (χ3v) is 5.27. The minimum absolute atomic E-state index is 0.0251. The van der Waals surface area contributed by atoms with Gasteiger partial charge in [-0.25, -0.2) is 9.37 Å². The highest BCUT2D eigenvalue weighted by atomic mass is 79.9. The van der Waals surface area contributed by atoms with Gasteiger partial charge in [-0.15, -0.1) is 0 Å². The predicted molar refractivity (Wildman–Crippen MR) is 112 cm³/mol. The van der Waals surface area contributed by atoms with Crippen molar-refractivity contribution in [2.45, 2.75) is 20.3 Å². The third-order valence-electron chi connectivity index (χ3n) is 4.08. The molecule has 0 radical (unpaired) electrons. The highest BCUT2D eigenvalue weighted by Crippen LogP contribution is 2.32. The lowest BCUT2D eigenvalue weighted by Crippen LogP contribution is -2.08. The Hall–Kier alpha value is -1.79. The molecule has 0 aliphatic heterocycles. The van der Waals surface area contributed by atoms with E-state index in [0.29, 0.717) is 15.7 Å². The number of fused-ring (bicyclic) bond motifs is 1. The topological polar surface area (TPSA) is 34.4 Å². The van der Waals surface area contributed by atoms with E-state index >= 15 is 0 Å². The number of hydrogen-bond donors (Lipinski definition) is 0. The number of halogens is 2. The second-order valence-corrected chi connectivity index (χ2v) is 9.47. The van der Waals surface area contributed by atoms with Crippen LogP contribution < -0.4 is 0 Å². The second-order valence-electron chi connectivity index (χ2n) is 6.56. The van der Waals surface area contributed by atoms with Gasteiger partial charge in [0.1, 0.15) is 11.5 Å². The number of carbonyl (C=O) groups excluding carboxylic acids is 1. The van der Waals surface area contributed by atoms with Crippen LogP contribution in [0, 0.1) is 19.7 Å². The van der Waals surface area contributed by atoms with Crippen molar-refractivity contribution in [1.82, 2.24) is 9.38 Å². The summed E-state index contributed by atoms with van der Waals surface area (Å²) in [5.74, 6) is -0.322. The van der Waals surface area contributed by atoms with E-state index < -0.39 is 0 Å². The predicted octanol–water partition coefficient (Wildman–Crippen LogP) is 4.96. The molecule has 0 saturated carbocycles. The van der Waals surface area contributed by atoms with Crippen molar-refractivity contribution in [2.24, 2.45) is 0 Å². The number of hydrogen-bond acceptors (Lipinski definition) is 2. The third kappa shape index (κ3) is 3.81. The average molecular weight is 435 g/mol. The molecule has 26 heavy (non-hydrogen) atoms. The Morgan fingerprint density at radius 3 is 2.69 bits per heavy atom. The van der Waals surface area contributed by atoms with Gasteiger partial charge in [0.05, 0.1) is 17.8 Å². The quantitative estimate of drug-likeness (QED) is 0.543. The Kier molecular flexibility index (Phi) is 5.44.